The Morgan fingerprint density at radius 2 is 2.18 bits per heavy atom. The highest BCUT2D eigenvalue weighted by Gasteiger charge is 2.38. The molecule has 4 nitrogen and oxygen atoms in total. The molecule has 2 heterocycles. The van der Waals surface area contributed by atoms with Gasteiger partial charge in [-0.25, -0.2) is 4.98 Å². The van der Waals surface area contributed by atoms with Crippen LogP contribution in [0.25, 0.3) is 11.0 Å². The second-order valence-electron chi connectivity index (χ2n) is 3.71. The van der Waals surface area contributed by atoms with E-state index in [9.17, 15) is 13.2 Å². The molecule has 1 unspecified atom stereocenters. The van der Waals surface area contributed by atoms with Crippen molar-refractivity contribution in [2.75, 3.05) is 0 Å². The first-order valence-corrected chi connectivity index (χ1v) is 4.89. The molecule has 0 radical (unpaired) electrons. The van der Waals surface area contributed by atoms with Gasteiger partial charge in [0.25, 0.3) is 0 Å². The summed E-state index contributed by atoms with van der Waals surface area (Å²) in [5.74, 6) is 0.179. The summed E-state index contributed by atoms with van der Waals surface area (Å²) in [7, 11) is 1.60. The van der Waals surface area contributed by atoms with Gasteiger partial charge in [0.05, 0.1) is 11.7 Å². The lowest BCUT2D eigenvalue weighted by Gasteiger charge is -2.13. The maximum atomic E-state index is 12.2. The molecule has 92 valence electrons. The van der Waals surface area contributed by atoms with Crippen molar-refractivity contribution in [1.82, 2.24) is 14.5 Å². The first kappa shape index (κ1) is 11.8. The summed E-state index contributed by atoms with van der Waals surface area (Å²) in [6, 6.07) is 1.66. The molecule has 0 bridgehead atoms. The largest absolute Gasteiger partial charge is 0.414 e. The van der Waals surface area contributed by atoms with Gasteiger partial charge in [-0.1, -0.05) is 0 Å². The molecular formula is C10H10F3N3O. The standard InChI is InChI=1S/C10H10F3N3O/c1-16-7-2-3-14-5-6(7)15-9(16)4-8(17)10(11,12)13/h2-3,5,8,17H,4H2,1H3. The van der Waals surface area contributed by atoms with E-state index in [2.05, 4.69) is 9.97 Å². The molecule has 7 heteroatoms. The third-order valence-corrected chi connectivity index (χ3v) is 2.53. The van der Waals surface area contributed by atoms with E-state index in [0.717, 1.165) is 0 Å². The number of aromatic nitrogens is 3. The average Bonchev–Trinajstić information content (AvgIpc) is 2.55. The number of pyridine rings is 1. The Hall–Kier alpha value is -1.63. The van der Waals surface area contributed by atoms with Crippen molar-refractivity contribution in [2.24, 2.45) is 7.05 Å². The van der Waals surface area contributed by atoms with Crippen molar-refractivity contribution in [3.05, 3.63) is 24.3 Å². The zero-order chi connectivity index (χ0) is 12.6. The maximum Gasteiger partial charge on any atom is 0.414 e. The Kier molecular flexibility index (Phi) is 2.78. The van der Waals surface area contributed by atoms with Crippen molar-refractivity contribution in [3.8, 4) is 0 Å². The van der Waals surface area contributed by atoms with Crippen LogP contribution in [-0.2, 0) is 13.5 Å². The number of aliphatic hydroxyl groups excluding tert-OH is 1. The van der Waals surface area contributed by atoms with E-state index >= 15 is 0 Å². The maximum absolute atomic E-state index is 12.2. The Labute approximate surface area is 94.7 Å². The molecule has 0 aliphatic heterocycles. The highest BCUT2D eigenvalue weighted by molar-refractivity contribution is 5.74. The summed E-state index contributed by atoms with van der Waals surface area (Å²) in [4.78, 5) is 7.84. The Balaban J connectivity index is 2.34. The van der Waals surface area contributed by atoms with Crippen LogP contribution < -0.4 is 0 Å². The van der Waals surface area contributed by atoms with Gasteiger partial charge in [-0.15, -0.1) is 0 Å². The molecule has 2 rings (SSSR count). The number of imidazole rings is 1. The van der Waals surface area contributed by atoms with Crippen LogP contribution in [0.4, 0.5) is 13.2 Å². The molecule has 0 aliphatic carbocycles. The number of nitrogens with zero attached hydrogens (tertiary/aromatic N) is 3. The number of hydrogen-bond donors (Lipinski definition) is 1. The molecule has 1 N–H and O–H groups in total. The fourth-order valence-electron chi connectivity index (χ4n) is 1.57. The average molecular weight is 245 g/mol. The summed E-state index contributed by atoms with van der Waals surface area (Å²) < 4.78 is 38.2. The summed E-state index contributed by atoms with van der Waals surface area (Å²) in [6.07, 6.45) is -4.58. The third-order valence-electron chi connectivity index (χ3n) is 2.53. The lowest BCUT2D eigenvalue weighted by molar-refractivity contribution is -0.203. The molecule has 0 fully saturated rings. The van der Waals surface area contributed by atoms with E-state index < -0.39 is 18.7 Å². The van der Waals surface area contributed by atoms with Crippen molar-refractivity contribution in [2.45, 2.75) is 18.7 Å². The molecule has 17 heavy (non-hydrogen) atoms. The van der Waals surface area contributed by atoms with Crippen LogP contribution in [0.15, 0.2) is 18.5 Å². The molecule has 0 amide bonds. The lowest BCUT2D eigenvalue weighted by atomic mass is 10.2. The van der Waals surface area contributed by atoms with E-state index in [1.54, 1.807) is 13.1 Å². The third kappa shape index (κ3) is 2.23. The second-order valence-corrected chi connectivity index (χ2v) is 3.71. The van der Waals surface area contributed by atoms with Crippen LogP contribution in [0, 0.1) is 0 Å². The first-order chi connectivity index (χ1) is 7.89. The zero-order valence-corrected chi connectivity index (χ0v) is 8.94. The van der Waals surface area contributed by atoms with E-state index in [-0.39, 0.29) is 5.82 Å². The van der Waals surface area contributed by atoms with Crippen LogP contribution >= 0.6 is 0 Å². The lowest BCUT2D eigenvalue weighted by Crippen LogP contribution is -2.31. The summed E-state index contributed by atoms with van der Waals surface area (Å²) >= 11 is 0. The fraction of sp³-hybridized carbons (Fsp3) is 0.400. The summed E-state index contributed by atoms with van der Waals surface area (Å²) in [6.45, 7) is 0. The summed E-state index contributed by atoms with van der Waals surface area (Å²) in [5.41, 5.74) is 1.20. The number of hydrogen-bond acceptors (Lipinski definition) is 3. The van der Waals surface area contributed by atoms with Crippen molar-refractivity contribution >= 4 is 11.0 Å². The smallest absolute Gasteiger partial charge is 0.383 e. The quantitative estimate of drug-likeness (QED) is 0.870. The fourth-order valence-corrected chi connectivity index (χ4v) is 1.57. The SMILES string of the molecule is Cn1c(CC(O)C(F)(F)F)nc2cnccc21. The highest BCUT2D eigenvalue weighted by Crippen LogP contribution is 2.23. The minimum atomic E-state index is -4.63. The molecule has 0 saturated carbocycles. The van der Waals surface area contributed by atoms with Crippen LogP contribution in [0.5, 0.6) is 0 Å². The molecule has 2 aromatic heterocycles. The van der Waals surface area contributed by atoms with Crippen molar-refractivity contribution < 1.29 is 18.3 Å². The molecule has 0 saturated heterocycles. The normalized spacial score (nSPS) is 14.2. The highest BCUT2D eigenvalue weighted by atomic mass is 19.4. The summed E-state index contributed by atoms with van der Waals surface area (Å²) in [5, 5.41) is 8.99. The van der Waals surface area contributed by atoms with Gasteiger partial charge in [0.1, 0.15) is 11.3 Å². The number of aliphatic hydroxyl groups is 1. The Morgan fingerprint density at radius 3 is 2.76 bits per heavy atom. The number of aryl methyl sites for hydroxylation is 1. The van der Waals surface area contributed by atoms with E-state index in [4.69, 9.17) is 5.11 Å². The minimum Gasteiger partial charge on any atom is -0.383 e. The monoisotopic (exact) mass is 245 g/mol. The van der Waals surface area contributed by atoms with Gasteiger partial charge in [0.15, 0.2) is 6.10 Å². The van der Waals surface area contributed by atoms with Gasteiger partial charge in [-0.05, 0) is 6.07 Å². The number of alkyl halides is 3. The molecule has 0 aliphatic rings. The topological polar surface area (TPSA) is 50.9 Å². The van der Waals surface area contributed by atoms with Crippen LogP contribution in [0.1, 0.15) is 5.82 Å². The molecular weight excluding hydrogens is 235 g/mol. The van der Waals surface area contributed by atoms with Crippen LogP contribution in [-0.4, -0.2) is 31.9 Å². The van der Waals surface area contributed by atoms with Gasteiger partial charge >= 0.3 is 6.18 Å². The Bertz CT molecular complexity index is 535. The van der Waals surface area contributed by atoms with Crippen LogP contribution in [0.2, 0.25) is 0 Å². The zero-order valence-electron chi connectivity index (χ0n) is 8.94. The number of rotatable bonds is 2. The van der Waals surface area contributed by atoms with Crippen LogP contribution in [0.3, 0.4) is 0 Å². The molecule has 0 aromatic carbocycles. The van der Waals surface area contributed by atoms with Gasteiger partial charge in [0, 0.05) is 19.7 Å². The predicted octanol–water partition coefficient (Wildman–Crippen LogP) is 1.43. The predicted molar refractivity (Wildman–Crippen MR) is 54.3 cm³/mol. The van der Waals surface area contributed by atoms with Gasteiger partial charge in [-0.2, -0.15) is 13.2 Å². The second kappa shape index (κ2) is 3.99. The molecule has 0 spiro atoms. The van der Waals surface area contributed by atoms with Gasteiger partial charge in [0.2, 0.25) is 0 Å². The molecule has 2 aromatic rings. The van der Waals surface area contributed by atoms with Gasteiger partial charge < -0.3 is 9.67 Å². The minimum absolute atomic E-state index is 0.179. The Morgan fingerprint density at radius 1 is 1.47 bits per heavy atom. The van der Waals surface area contributed by atoms with E-state index in [1.165, 1.54) is 17.0 Å². The van der Waals surface area contributed by atoms with E-state index in [1.807, 2.05) is 0 Å². The van der Waals surface area contributed by atoms with Crippen molar-refractivity contribution in [1.29, 1.82) is 0 Å². The van der Waals surface area contributed by atoms with Gasteiger partial charge in [-0.3, -0.25) is 4.98 Å². The van der Waals surface area contributed by atoms with E-state index in [0.29, 0.717) is 11.0 Å². The number of fused-ring (bicyclic) bond motifs is 1. The van der Waals surface area contributed by atoms with Crippen molar-refractivity contribution in [3.63, 3.8) is 0 Å². The number of halogens is 3. The molecule has 1 atom stereocenters. The first-order valence-electron chi connectivity index (χ1n) is 4.89.